The topological polar surface area (TPSA) is 24.5 Å². The summed E-state index contributed by atoms with van der Waals surface area (Å²) in [5.74, 6) is 0. The van der Waals surface area contributed by atoms with Gasteiger partial charge in [0, 0.05) is 37.8 Å². The number of piperazine rings is 1. The van der Waals surface area contributed by atoms with Crippen LogP contribution in [-0.4, -0.2) is 49.3 Å². The molecular weight excluding hydrogens is 248 g/mol. The normalized spacial score (nSPS) is 32.1. The highest BCUT2D eigenvalue weighted by atomic mass is 16.5. The Morgan fingerprint density at radius 2 is 2.15 bits per heavy atom. The Labute approximate surface area is 122 Å². The highest BCUT2D eigenvalue weighted by Crippen LogP contribution is 2.20. The van der Waals surface area contributed by atoms with Gasteiger partial charge in [-0.05, 0) is 31.7 Å². The van der Waals surface area contributed by atoms with Gasteiger partial charge in [0.2, 0.25) is 0 Å². The van der Waals surface area contributed by atoms with Crippen LogP contribution < -0.4 is 5.32 Å². The summed E-state index contributed by atoms with van der Waals surface area (Å²) in [6.07, 6.45) is 3.63. The maximum absolute atomic E-state index is 5.68. The Balaban J connectivity index is 1.60. The second-order valence-electron chi connectivity index (χ2n) is 6.21. The maximum atomic E-state index is 5.68. The second kappa shape index (κ2) is 6.70. The van der Waals surface area contributed by atoms with E-state index < -0.39 is 0 Å². The molecule has 2 fully saturated rings. The summed E-state index contributed by atoms with van der Waals surface area (Å²) < 4.78 is 5.68. The first-order chi connectivity index (χ1) is 9.83. The minimum absolute atomic E-state index is 0.565. The third-order valence-corrected chi connectivity index (χ3v) is 4.63. The molecule has 3 heteroatoms. The Morgan fingerprint density at radius 1 is 1.30 bits per heavy atom. The van der Waals surface area contributed by atoms with Crippen LogP contribution in [0.15, 0.2) is 30.3 Å². The van der Waals surface area contributed by atoms with Crippen LogP contribution in [0, 0.1) is 0 Å². The third kappa shape index (κ3) is 3.40. The van der Waals surface area contributed by atoms with E-state index in [9.17, 15) is 0 Å². The average molecular weight is 274 g/mol. The van der Waals surface area contributed by atoms with Gasteiger partial charge in [-0.2, -0.15) is 0 Å². The van der Waals surface area contributed by atoms with Crippen molar-refractivity contribution < 1.29 is 4.74 Å². The van der Waals surface area contributed by atoms with Crippen LogP contribution in [0.3, 0.4) is 0 Å². The minimum Gasteiger partial charge on any atom is -0.380 e. The van der Waals surface area contributed by atoms with Crippen LogP contribution in [0.4, 0.5) is 0 Å². The molecule has 1 N–H and O–H groups in total. The molecule has 3 unspecified atom stereocenters. The summed E-state index contributed by atoms with van der Waals surface area (Å²) in [6.45, 7) is 6.44. The first kappa shape index (κ1) is 14.1. The van der Waals surface area contributed by atoms with Gasteiger partial charge in [0.1, 0.15) is 0 Å². The van der Waals surface area contributed by atoms with E-state index in [1.54, 1.807) is 0 Å². The van der Waals surface area contributed by atoms with Crippen molar-refractivity contribution in [3.05, 3.63) is 35.9 Å². The van der Waals surface area contributed by atoms with Gasteiger partial charge in [-0.15, -0.1) is 0 Å². The van der Waals surface area contributed by atoms with Gasteiger partial charge in [-0.3, -0.25) is 4.90 Å². The van der Waals surface area contributed by atoms with Crippen molar-refractivity contribution in [2.24, 2.45) is 0 Å². The van der Waals surface area contributed by atoms with Gasteiger partial charge in [0.15, 0.2) is 0 Å². The lowest BCUT2D eigenvalue weighted by Crippen LogP contribution is -2.60. The van der Waals surface area contributed by atoms with E-state index in [0.717, 1.165) is 32.7 Å². The van der Waals surface area contributed by atoms with Crippen LogP contribution in [-0.2, 0) is 11.2 Å². The molecule has 3 rings (SSSR count). The van der Waals surface area contributed by atoms with Gasteiger partial charge in [-0.25, -0.2) is 0 Å². The zero-order valence-corrected chi connectivity index (χ0v) is 12.4. The molecule has 20 heavy (non-hydrogen) atoms. The average Bonchev–Trinajstić information content (AvgIpc) is 2.51. The summed E-state index contributed by atoms with van der Waals surface area (Å²) in [4.78, 5) is 2.67. The summed E-state index contributed by atoms with van der Waals surface area (Å²) in [5.41, 5.74) is 1.43. The molecule has 2 saturated heterocycles. The fraction of sp³-hybridized carbons (Fsp3) is 0.647. The number of hydrogen-bond donors (Lipinski definition) is 1. The van der Waals surface area contributed by atoms with E-state index >= 15 is 0 Å². The molecule has 1 aromatic carbocycles. The summed E-state index contributed by atoms with van der Waals surface area (Å²) in [5, 5.41) is 3.70. The number of benzene rings is 1. The smallest absolute Gasteiger partial charge is 0.0621 e. The quantitative estimate of drug-likeness (QED) is 0.913. The first-order valence-corrected chi connectivity index (χ1v) is 7.94. The van der Waals surface area contributed by atoms with Crippen LogP contribution in [0.1, 0.15) is 25.3 Å². The van der Waals surface area contributed by atoms with Gasteiger partial charge >= 0.3 is 0 Å². The predicted octanol–water partition coefficient (Wildman–Crippen LogP) is 2.07. The Kier molecular flexibility index (Phi) is 4.71. The van der Waals surface area contributed by atoms with Crippen LogP contribution >= 0.6 is 0 Å². The van der Waals surface area contributed by atoms with Crippen molar-refractivity contribution in [2.45, 2.75) is 44.3 Å². The molecule has 2 heterocycles. The largest absolute Gasteiger partial charge is 0.380 e. The minimum atomic E-state index is 0.565. The summed E-state index contributed by atoms with van der Waals surface area (Å²) in [7, 11) is 0. The lowest BCUT2D eigenvalue weighted by molar-refractivity contribution is -0.0114. The lowest BCUT2D eigenvalue weighted by atomic mass is 9.98. The summed E-state index contributed by atoms with van der Waals surface area (Å²) >= 11 is 0. The second-order valence-corrected chi connectivity index (χ2v) is 6.21. The first-order valence-electron chi connectivity index (χ1n) is 7.94. The fourth-order valence-electron chi connectivity index (χ4n) is 3.48. The molecule has 0 saturated carbocycles. The van der Waals surface area contributed by atoms with Gasteiger partial charge in [0.25, 0.3) is 0 Å². The Hall–Kier alpha value is -0.900. The summed E-state index contributed by atoms with van der Waals surface area (Å²) in [6, 6.07) is 12.6. The van der Waals surface area contributed by atoms with Crippen molar-refractivity contribution >= 4 is 0 Å². The molecule has 0 aliphatic carbocycles. The molecule has 110 valence electrons. The number of nitrogens with zero attached hydrogens (tertiary/aromatic N) is 1. The molecule has 3 nitrogen and oxygen atoms in total. The molecule has 3 atom stereocenters. The van der Waals surface area contributed by atoms with Crippen molar-refractivity contribution in [3.63, 3.8) is 0 Å². The van der Waals surface area contributed by atoms with E-state index in [-0.39, 0.29) is 0 Å². The van der Waals surface area contributed by atoms with Crippen LogP contribution in [0.5, 0.6) is 0 Å². The Morgan fingerprint density at radius 3 is 2.90 bits per heavy atom. The molecular formula is C17H26N2O. The van der Waals surface area contributed by atoms with E-state index in [4.69, 9.17) is 4.74 Å². The van der Waals surface area contributed by atoms with E-state index in [0.29, 0.717) is 18.1 Å². The molecule has 0 amide bonds. The lowest BCUT2D eigenvalue weighted by Gasteiger charge is -2.44. The molecule has 0 spiro atoms. The highest BCUT2D eigenvalue weighted by Gasteiger charge is 2.31. The van der Waals surface area contributed by atoms with Gasteiger partial charge in [0.05, 0.1) is 6.61 Å². The van der Waals surface area contributed by atoms with Crippen LogP contribution in [0.2, 0.25) is 0 Å². The molecule has 1 aromatic rings. The number of rotatable bonds is 3. The van der Waals surface area contributed by atoms with Gasteiger partial charge < -0.3 is 10.1 Å². The SMILES string of the molecule is CC1CNC(Cc2ccccc2)CN1C1CCCOC1. The van der Waals surface area contributed by atoms with E-state index in [1.807, 2.05) is 0 Å². The van der Waals surface area contributed by atoms with Crippen molar-refractivity contribution in [1.29, 1.82) is 0 Å². The molecule has 0 radical (unpaired) electrons. The van der Waals surface area contributed by atoms with Crippen molar-refractivity contribution in [1.82, 2.24) is 10.2 Å². The monoisotopic (exact) mass is 274 g/mol. The highest BCUT2D eigenvalue weighted by molar-refractivity contribution is 5.16. The third-order valence-electron chi connectivity index (χ3n) is 4.63. The molecule has 2 aliphatic rings. The fourth-order valence-corrected chi connectivity index (χ4v) is 3.48. The molecule has 0 aromatic heterocycles. The molecule has 2 aliphatic heterocycles. The van der Waals surface area contributed by atoms with Crippen molar-refractivity contribution in [2.75, 3.05) is 26.3 Å². The van der Waals surface area contributed by atoms with E-state index in [2.05, 4.69) is 47.5 Å². The number of hydrogen-bond acceptors (Lipinski definition) is 3. The predicted molar refractivity (Wildman–Crippen MR) is 81.9 cm³/mol. The van der Waals surface area contributed by atoms with Crippen LogP contribution in [0.25, 0.3) is 0 Å². The number of ether oxygens (including phenoxy) is 1. The zero-order chi connectivity index (χ0) is 13.8. The van der Waals surface area contributed by atoms with Gasteiger partial charge in [-0.1, -0.05) is 30.3 Å². The Bertz CT molecular complexity index is 403. The standard InChI is InChI=1S/C17H26N2O/c1-14-11-18-16(10-15-6-3-2-4-7-15)12-19(14)17-8-5-9-20-13-17/h2-4,6-7,14,16-18H,5,8-13H2,1H3. The number of nitrogens with one attached hydrogen (secondary N) is 1. The van der Waals surface area contributed by atoms with E-state index in [1.165, 1.54) is 18.4 Å². The van der Waals surface area contributed by atoms with Crippen molar-refractivity contribution in [3.8, 4) is 0 Å². The maximum Gasteiger partial charge on any atom is 0.0621 e. The molecule has 0 bridgehead atoms. The zero-order valence-electron chi connectivity index (χ0n) is 12.4.